The summed E-state index contributed by atoms with van der Waals surface area (Å²) < 4.78 is 47.7. The Morgan fingerprint density at radius 2 is 1.79 bits per heavy atom. The average molecular weight is 327 g/mol. The van der Waals surface area contributed by atoms with Crippen LogP contribution in [0.3, 0.4) is 0 Å². The third kappa shape index (κ3) is 5.25. The second-order valence-corrected chi connectivity index (χ2v) is 8.75. The maximum absolute atomic E-state index is 11.7. The number of aryl methyl sites for hydroxylation is 1. The molecule has 0 atom stereocenters. The van der Waals surface area contributed by atoms with Crippen LogP contribution in [0, 0.1) is 6.92 Å². The Balaban J connectivity index is 2.93. The molecule has 9 heteroatoms. The van der Waals surface area contributed by atoms with Crippen molar-refractivity contribution in [2.24, 2.45) is 0 Å². The summed E-state index contributed by atoms with van der Waals surface area (Å²) in [5.74, 6) is -0.947. The molecule has 0 aliphatic rings. The van der Waals surface area contributed by atoms with Gasteiger partial charge in [-0.25, -0.2) is 16.8 Å². The van der Waals surface area contributed by atoms with Gasteiger partial charge in [-0.1, -0.05) is 11.6 Å². The number of nitrogens with two attached hydrogens (primary N) is 1. The number of halogens is 1. The maximum atomic E-state index is 11.7. The smallest absolute Gasteiger partial charge is 0.233 e. The summed E-state index contributed by atoms with van der Waals surface area (Å²) in [5.41, 5.74) is 6.81. The van der Waals surface area contributed by atoms with Crippen molar-refractivity contribution in [3.05, 3.63) is 22.7 Å². The lowest BCUT2D eigenvalue weighted by molar-refractivity contribution is 0.593. The third-order valence-corrected chi connectivity index (χ3v) is 5.14. The molecule has 0 fully saturated rings. The van der Waals surface area contributed by atoms with Crippen LogP contribution >= 0.6 is 11.6 Å². The maximum Gasteiger partial charge on any atom is 0.233 e. The van der Waals surface area contributed by atoms with Gasteiger partial charge in [-0.3, -0.25) is 4.72 Å². The van der Waals surface area contributed by atoms with Gasteiger partial charge < -0.3 is 5.73 Å². The van der Waals surface area contributed by atoms with Crippen molar-refractivity contribution in [3.63, 3.8) is 0 Å². The molecular formula is C10H15ClN2O4S2. The zero-order valence-corrected chi connectivity index (χ0v) is 12.9. The first-order valence-electron chi connectivity index (χ1n) is 5.24. The Bertz CT molecular complexity index is 684. The zero-order valence-electron chi connectivity index (χ0n) is 10.5. The Kier molecular flexibility index (Phi) is 4.70. The van der Waals surface area contributed by atoms with Gasteiger partial charge in [0.2, 0.25) is 10.0 Å². The summed E-state index contributed by atoms with van der Waals surface area (Å²) in [6.07, 6.45) is 0.980. The van der Waals surface area contributed by atoms with Crippen molar-refractivity contribution in [1.29, 1.82) is 0 Å². The van der Waals surface area contributed by atoms with Crippen molar-refractivity contribution in [2.75, 3.05) is 28.2 Å². The van der Waals surface area contributed by atoms with Crippen LogP contribution < -0.4 is 10.5 Å². The molecule has 0 aliphatic heterocycles. The first kappa shape index (κ1) is 16.1. The summed E-state index contributed by atoms with van der Waals surface area (Å²) in [7, 11) is -7.09. The fraction of sp³-hybridized carbons (Fsp3) is 0.400. The number of benzene rings is 1. The van der Waals surface area contributed by atoms with Gasteiger partial charge in [0.05, 0.1) is 27.9 Å². The summed E-state index contributed by atoms with van der Waals surface area (Å²) >= 11 is 5.81. The summed E-state index contributed by atoms with van der Waals surface area (Å²) in [6, 6.07) is 2.93. The molecule has 108 valence electrons. The number of sulfone groups is 1. The van der Waals surface area contributed by atoms with Crippen molar-refractivity contribution < 1.29 is 16.8 Å². The number of nitrogens with one attached hydrogen (secondary N) is 1. The van der Waals surface area contributed by atoms with E-state index >= 15 is 0 Å². The molecule has 0 spiro atoms. The first-order chi connectivity index (χ1) is 8.50. The van der Waals surface area contributed by atoms with Gasteiger partial charge in [-0.15, -0.1) is 0 Å². The van der Waals surface area contributed by atoms with Crippen LogP contribution in [0.4, 0.5) is 11.4 Å². The second-order valence-electron chi connectivity index (χ2n) is 4.24. The molecule has 6 nitrogen and oxygen atoms in total. The van der Waals surface area contributed by atoms with Crippen molar-refractivity contribution in [1.82, 2.24) is 0 Å². The number of anilines is 2. The van der Waals surface area contributed by atoms with E-state index in [1.54, 1.807) is 6.92 Å². The fourth-order valence-electron chi connectivity index (χ4n) is 1.29. The van der Waals surface area contributed by atoms with Gasteiger partial charge in [-0.05, 0) is 24.6 Å². The molecule has 0 heterocycles. The number of sulfonamides is 1. The van der Waals surface area contributed by atoms with E-state index in [1.807, 2.05) is 0 Å². The van der Waals surface area contributed by atoms with Crippen LogP contribution in [0.2, 0.25) is 5.02 Å². The van der Waals surface area contributed by atoms with E-state index < -0.39 is 31.4 Å². The van der Waals surface area contributed by atoms with E-state index in [0.717, 1.165) is 6.26 Å². The quantitative estimate of drug-likeness (QED) is 0.786. The molecule has 3 N–H and O–H groups in total. The lowest BCUT2D eigenvalue weighted by Crippen LogP contribution is -2.22. The molecule has 1 aromatic carbocycles. The highest BCUT2D eigenvalue weighted by molar-refractivity contribution is 7.95. The van der Waals surface area contributed by atoms with Crippen LogP contribution in [-0.4, -0.2) is 34.6 Å². The van der Waals surface area contributed by atoms with E-state index in [4.69, 9.17) is 17.3 Å². The highest BCUT2D eigenvalue weighted by Crippen LogP contribution is 2.27. The zero-order chi connectivity index (χ0) is 14.8. The molecular weight excluding hydrogens is 312 g/mol. The summed E-state index contributed by atoms with van der Waals surface area (Å²) in [4.78, 5) is 0. The molecule has 0 aromatic heterocycles. The number of hydrogen-bond donors (Lipinski definition) is 2. The fourth-order valence-corrected chi connectivity index (χ4v) is 4.20. The highest BCUT2D eigenvalue weighted by Gasteiger charge is 2.16. The van der Waals surface area contributed by atoms with E-state index in [0.29, 0.717) is 11.3 Å². The first-order valence-corrected chi connectivity index (χ1v) is 9.33. The van der Waals surface area contributed by atoms with Crippen LogP contribution in [0.1, 0.15) is 5.56 Å². The highest BCUT2D eigenvalue weighted by atomic mass is 35.5. The number of nitrogen functional groups attached to an aromatic ring is 1. The lowest BCUT2D eigenvalue weighted by Gasteiger charge is -2.11. The van der Waals surface area contributed by atoms with Gasteiger partial charge in [0.25, 0.3) is 0 Å². The second kappa shape index (κ2) is 5.56. The van der Waals surface area contributed by atoms with Crippen molar-refractivity contribution in [3.8, 4) is 0 Å². The van der Waals surface area contributed by atoms with Gasteiger partial charge in [0.15, 0.2) is 0 Å². The predicted octanol–water partition coefficient (Wildman–Crippen LogP) is 1.02. The van der Waals surface area contributed by atoms with E-state index in [9.17, 15) is 16.8 Å². The van der Waals surface area contributed by atoms with Crippen molar-refractivity contribution in [2.45, 2.75) is 6.92 Å². The van der Waals surface area contributed by atoms with Crippen LogP contribution in [0.25, 0.3) is 0 Å². The number of rotatable bonds is 5. The SMILES string of the molecule is Cc1cc(N)c(Cl)cc1NS(=O)(=O)CCS(C)(=O)=O. The minimum atomic E-state index is -3.75. The monoisotopic (exact) mass is 326 g/mol. The number of hydrogen-bond acceptors (Lipinski definition) is 5. The predicted molar refractivity (Wildman–Crippen MR) is 77.7 cm³/mol. The molecule has 1 rings (SSSR count). The van der Waals surface area contributed by atoms with Gasteiger partial charge in [-0.2, -0.15) is 0 Å². The normalized spacial score (nSPS) is 12.4. The third-order valence-electron chi connectivity index (χ3n) is 2.33. The molecule has 0 radical (unpaired) electrons. The molecule has 1 aromatic rings. The molecule has 19 heavy (non-hydrogen) atoms. The van der Waals surface area contributed by atoms with Gasteiger partial charge in [0, 0.05) is 6.26 Å². The molecule has 0 bridgehead atoms. The standard InChI is InChI=1S/C10H15ClN2O4S2/c1-7-5-9(12)8(11)6-10(7)13-19(16,17)4-3-18(2,14)15/h5-6,13H,3-4,12H2,1-2H3. The van der Waals surface area contributed by atoms with E-state index in [-0.39, 0.29) is 10.7 Å². The summed E-state index contributed by atoms with van der Waals surface area (Å²) in [5, 5.41) is 0.228. The Hall–Kier alpha value is -0.990. The van der Waals surface area contributed by atoms with Crippen LogP contribution in [-0.2, 0) is 19.9 Å². The Labute approximate surface area is 117 Å². The Morgan fingerprint density at radius 3 is 2.32 bits per heavy atom. The van der Waals surface area contributed by atoms with Gasteiger partial charge >= 0.3 is 0 Å². The Morgan fingerprint density at radius 1 is 1.21 bits per heavy atom. The topological polar surface area (TPSA) is 106 Å². The minimum Gasteiger partial charge on any atom is -0.398 e. The summed E-state index contributed by atoms with van der Waals surface area (Å²) in [6.45, 7) is 1.67. The van der Waals surface area contributed by atoms with E-state index in [2.05, 4.69) is 4.72 Å². The molecule has 0 aliphatic carbocycles. The minimum absolute atomic E-state index is 0.228. The van der Waals surface area contributed by atoms with E-state index in [1.165, 1.54) is 12.1 Å². The van der Waals surface area contributed by atoms with Crippen LogP contribution in [0.15, 0.2) is 12.1 Å². The lowest BCUT2D eigenvalue weighted by atomic mass is 10.2. The molecule has 0 amide bonds. The van der Waals surface area contributed by atoms with Crippen molar-refractivity contribution >= 4 is 42.8 Å². The molecule has 0 saturated heterocycles. The molecule has 0 saturated carbocycles. The molecule has 0 unspecified atom stereocenters. The average Bonchev–Trinajstić information content (AvgIpc) is 2.22. The largest absolute Gasteiger partial charge is 0.398 e. The van der Waals surface area contributed by atoms with Crippen LogP contribution in [0.5, 0.6) is 0 Å². The van der Waals surface area contributed by atoms with Gasteiger partial charge in [0.1, 0.15) is 9.84 Å².